The molecule has 0 aliphatic carbocycles. The zero-order valence-corrected chi connectivity index (χ0v) is 10.6. The number of carboxylic acid groups (broad SMARTS) is 1. The Morgan fingerprint density at radius 2 is 2.11 bits per heavy atom. The van der Waals surface area contributed by atoms with E-state index in [0.717, 1.165) is 5.56 Å². The number of aromatic amines is 1. The summed E-state index contributed by atoms with van der Waals surface area (Å²) in [5.74, 6) is -0.626. The zero-order chi connectivity index (χ0) is 13.8. The van der Waals surface area contributed by atoms with Gasteiger partial charge in [0.2, 0.25) is 0 Å². The van der Waals surface area contributed by atoms with Gasteiger partial charge in [0.15, 0.2) is 0 Å². The van der Waals surface area contributed by atoms with Crippen LogP contribution in [-0.4, -0.2) is 21.0 Å². The lowest BCUT2D eigenvalue weighted by atomic mass is 10.1. The number of aromatic nitrogens is 2. The molecule has 6 heteroatoms. The van der Waals surface area contributed by atoms with E-state index in [-0.39, 0.29) is 17.7 Å². The summed E-state index contributed by atoms with van der Waals surface area (Å²) in [5.41, 5.74) is 0.686. The highest BCUT2D eigenvalue weighted by molar-refractivity contribution is 6.31. The Bertz CT molecular complexity index is 667. The van der Waals surface area contributed by atoms with Gasteiger partial charge in [0.1, 0.15) is 5.82 Å². The standard InChI is InChI=1S/C13H11ClN2O3/c14-10-4-2-1-3-8(10)5-11-15-9(7-13(18)19)6-12(17)16-11/h1-4,6H,5,7H2,(H,18,19)(H,15,16,17). The molecule has 0 bridgehead atoms. The first-order chi connectivity index (χ1) is 9.04. The predicted molar refractivity (Wildman–Crippen MR) is 70.5 cm³/mol. The molecule has 2 N–H and O–H groups in total. The van der Waals surface area contributed by atoms with Crippen LogP contribution in [0.3, 0.4) is 0 Å². The van der Waals surface area contributed by atoms with Gasteiger partial charge in [-0.3, -0.25) is 9.59 Å². The van der Waals surface area contributed by atoms with Crippen molar-refractivity contribution in [3.8, 4) is 0 Å². The predicted octanol–water partition coefficient (Wildman–Crippen LogP) is 1.64. The molecule has 0 aliphatic heterocycles. The number of aliphatic carboxylic acids is 1. The van der Waals surface area contributed by atoms with Crippen LogP contribution < -0.4 is 5.56 Å². The molecule has 0 fully saturated rings. The minimum Gasteiger partial charge on any atom is -0.481 e. The van der Waals surface area contributed by atoms with Gasteiger partial charge in [0, 0.05) is 17.5 Å². The highest BCUT2D eigenvalue weighted by atomic mass is 35.5. The average molecular weight is 279 g/mol. The van der Waals surface area contributed by atoms with Crippen molar-refractivity contribution in [3.63, 3.8) is 0 Å². The normalized spacial score (nSPS) is 10.4. The molecule has 0 radical (unpaired) electrons. The number of hydrogen-bond donors (Lipinski definition) is 2. The maximum atomic E-state index is 11.4. The molecule has 0 atom stereocenters. The number of nitrogens with zero attached hydrogens (tertiary/aromatic N) is 1. The molecule has 1 aromatic heterocycles. The lowest BCUT2D eigenvalue weighted by Crippen LogP contribution is -2.15. The van der Waals surface area contributed by atoms with Crippen LogP contribution in [0, 0.1) is 0 Å². The molecule has 1 aromatic carbocycles. The fourth-order valence-corrected chi connectivity index (χ4v) is 1.92. The second kappa shape index (κ2) is 5.67. The number of rotatable bonds is 4. The first kappa shape index (κ1) is 13.3. The number of hydrogen-bond acceptors (Lipinski definition) is 3. The van der Waals surface area contributed by atoms with Crippen molar-refractivity contribution in [2.75, 3.05) is 0 Å². The Hall–Kier alpha value is -2.14. The quantitative estimate of drug-likeness (QED) is 0.891. The smallest absolute Gasteiger partial charge is 0.309 e. The molecule has 0 saturated heterocycles. The minimum atomic E-state index is -1.03. The highest BCUT2D eigenvalue weighted by Gasteiger charge is 2.07. The van der Waals surface area contributed by atoms with Crippen molar-refractivity contribution < 1.29 is 9.90 Å². The lowest BCUT2D eigenvalue weighted by molar-refractivity contribution is -0.136. The molecular weight excluding hydrogens is 268 g/mol. The number of carbonyl (C=O) groups is 1. The van der Waals surface area contributed by atoms with E-state index in [1.807, 2.05) is 18.2 Å². The topological polar surface area (TPSA) is 83.0 Å². The molecule has 19 heavy (non-hydrogen) atoms. The molecule has 2 rings (SSSR count). The third-order valence-electron chi connectivity index (χ3n) is 2.49. The summed E-state index contributed by atoms with van der Waals surface area (Å²) in [5, 5.41) is 9.29. The van der Waals surface area contributed by atoms with Crippen molar-refractivity contribution >= 4 is 17.6 Å². The maximum absolute atomic E-state index is 11.4. The van der Waals surface area contributed by atoms with Gasteiger partial charge in [-0.05, 0) is 11.6 Å². The van der Waals surface area contributed by atoms with Gasteiger partial charge < -0.3 is 10.1 Å². The third kappa shape index (κ3) is 3.66. The van der Waals surface area contributed by atoms with Gasteiger partial charge in [-0.25, -0.2) is 4.98 Å². The molecule has 0 saturated carbocycles. The Kier molecular flexibility index (Phi) is 3.97. The van der Waals surface area contributed by atoms with Crippen molar-refractivity contribution in [1.29, 1.82) is 0 Å². The largest absolute Gasteiger partial charge is 0.481 e. The second-order valence-corrected chi connectivity index (χ2v) is 4.43. The van der Waals surface area contributed by atoms with Crippen LogP contribution in [0.25, 0.3) is 0 Å². The van der Waals surface area contributed by atoms with Crippen LogP contribution in [0.2, 0.25) is 5.02 Å². The van der Waals surface area contributed by atoms with Gasteiger partial charge in [0.25, 0.3) is 5.56 Å². The van der Waals surface area contributed by atoms with Gasteiger partial charge in [-0.15, -0.1) is 0 Å². The second-order valence-electron chi connectivity index (χ2n) is 4.02. The Morgan fingerprint density at radius 1 is 1.37 bits per heavy atom. The minimum absolute atomic E-state index is 0.235. The summed E-state index contributed by atoms with van der Waals surface area (Å²) < 4.78 is 0. The maximum Gasteiger partial charge on any atom is 0.309 e. The van der Waals surface area contributed by atoms with Crippen LogP contribution in [0.5, 0.6) is 0 Å². The molecule has 0 spiro atoms. The fourth-order valence-electron chi connectivity index (χ4n) is 1.71. The summed E-state index contributed by atoms with van der Waals surface area (Å²) in [6, 6.07) is 8.40. The molecule has 98 valence electrons. The zero-order valence-electron chi connectivity index (χ0n) is 9.89. The van der Waals surface area contributed by atoms with E-state index >= 15 is 0 Å². The summed E-state index contributed by atoms with van der Waals surface area (Å²) >= 11 is 6.02. The SMILES string of the molecule is O=C(O)Cc1cc(=O)[nH]c(Cc2ccccc2Cl)n1. The van der Waals surface area contributed by atoms with Crippen LogP contribution in [0.4, 0.5) is 0 Å². The lowest BCUT2D eigenvalue weighted by Gasteiger charge is -2.05. The van der Waals surface area contributed by atoms with Crippen molar-refractivity contribution in [2.45, 2.75) is 12.8 Å². The first-order valence-corrected chi connectivity index (χ1v) is 5.96. The summed E-state index contributed by atoms with van der Waals surface area (Å²) in [7, 11) is 0. The Labute approximate surface area is 113 Å². The van der Waals surface area contributed by atoms with Crippen LogP contribution in [0.15, 0.2) is 35.1 Å². The molecule has 0 unspecified atom stereocenters. The van der Waals surface area contributed by atoms with E-state index in [0.29, 0.717) is 17.3 Å². The van der Waals surface area contributed by atoms with Crippen LogP contribution >= 0.6 is 11.6 Å². The number of nitrogens with one attached hydrogen (secondary N) is 1. The van der Waals surface area contributed by atoms with Gasteiger partial charge in [-0.1, -0.05) is 29.8 Å². The van der Waals surface area contributed by atoms with E-state index in [4.69, 9.17) is 16.7 Å². The van der Waals surface area contributed by atoms with Gasteiger partial charge >= 0.3 is 5.97 Å². The number of carboxylic acids is 1. The van der Waals surface area contributed by atoms with E-state index in [9.17, 15) is 9.59 Å². The van der Waals surface area contributed by atoms with Crippen LogP contribution in [0.1, 0.15) is 17.1 Å². The Balaban J connectivity index is 2.30. The van der Waals surface area contributed by atoms with Crippen molar-refractivity contribution in [2.24, 2.45) is 0 Å². The van der Waals surface area contributed by atoms with E-state index in [1.165, 1.54) is 6.07 Å². The highest BCUT2D eigenvalue weighted by Crippen LogP contribution is 2.17. The monoisotopic (exact) mass is 278 g/mol. The van der Waals surface area contributed by atoms with Crippen molar-refractivity contribution in [3.05, 3.63) is 62.8 Å². The summed E-state index contributed by atoms with van der Waals surface area (Å²) in [4.78, 5) is 28.8. The molecule has 5 nitrogen and oxygen atoms in total. The van der Waals surface area contributed by atoms with E-state index in [1.54, 1.807) is 6.07 Å². The number of H-pyrrole nitrogens is 1. The van der Waals surface area contributed by atoms with Crippen LogP contribution in [-0.2, 0) is 17.6 Å². The number of halogens is 1. The third-order valence-corrected chi connectivity index (χ3v) is 2.86. The molecule has 0 amide bonds. The van der Waals surface area contributed by atoms with E-state index in [2.05, 4.69) is 9.97 Å². The molecular formula is C13H11ClN2O3. The first-order valence-electron chi connectivity index (χ1n) is 5.59. The summed E-state index contributed by atoms with van der Waals surface area (Å²) in [6.45, 7) is 0. The van der Waals surface area contributed by atoms with Crippen molar-refractivity contribution in [1.82, 2.24) is 9.97 Å². The van der Waals surface area contributed by atoms with Gasteiger partial charge in [-0.2, -0.15) is 0 Å². The molecule has 0 aliphatic rings. The fraction of sp³-hybridized carbons (Fsp3) is 0.154. The van der Waals surface area contributed by atoms with Gasteiger partial charge in [0.05, 0.1) is 12.1 Å². The number of benzene rings is 1. The van der Waals surface area contributed by atoms with E-state index < -0.39 is 5.97 Å². The Morgan fingerprint density at radius 3 is 2.79 bits per heavy atom. The average Bonchev–Trinajstić information content (AvgIpc) is 2.30. The summed E-state index contributed by atoms with van der Waals surface area (Å²) in [6.07, 6.45) is 0.0712. The molecule has 1 heterocycles. The molecule has 2 aromatic rings.